The SMILES string of the molecule is NC1(c2ccccc2)CCC(F)(F)C1. The van der Waals surface area contributed by atoms with Crippen molar-refractivity contribution < 1.29 is 8.78 Å². The fraction of sp³-hybridized carbons (Fsp3) is 0.455. The summed E-state index contributed by atoms with van der Waals surface area (Å²) < 4.78 is 26.1. The van der Waals surface area contributed by atoms with Crippen LogP contribution in [0.3, 0.4) is 0 Å². The molecule has 1 atom stereocenters. The normalized spacial score (nSPS) is 30.5. The molecule has 0 saturated heterocycles. The van der Waals surface area contributed by atoms with Crippen LogP contribution >= 0.6 is 0 Å². The average molecular weight is 197 g/mol. The number of hydrogen-bond acceptors (Lipinski definition) is 1. The van der Waals surface area contributed by atoms with Gasteiger partial charge in [0.1, 0.15) is 0 Å². The summed E-state index contributed by atoms with van der Waals surface area (Å²) in [4.78, 5) is 0. The third kappa shape index (κ3) is 1.64. The highest BCUT2D eigenvalue weighted by Gasteiger charge is 2.47. The minimum atomic E-state index is -2.59. The second-order valence-electron chi connectivity index (χ2n) is 4.05. The molecule has 76 valence electrons. The third-order valence-electron chi connectivity index (χ3n) is 2.86. The molecule has 2 N–H and O–H groups in total. The lowest BCUT2D eigenvalue weighted by atomic mass is 9.89. The van der Waals surface area contributed by atoms with Crippen molar-refractivity contribution in [2.75, 3.05) is 0 Å². The molecule has 0 radical (unpaired) electrons. The summed E-state index contributed by atoms with van der Waals surface area (Å²) in [6, 6.07) is 9.17. The van der Waals surface area contributed by atoms with Crippen LogP contribution in [0.2, 0.25) is 0 Å². The van der Waals surface area contributed by atoms with Crippen LogP contribution in [0.1, 0.15) is 24.8 Å². The molecule has 1 fully saturated rings. The van der Waals surface area contributed by atoms with Gasteiger partial charge in [-0.3, -0.25) is 0 Å². The van der Waals surface area contributed by atoms with Crippen LogP contribution < -0.4 is 5.73 Å². The van der Waals surface area contributed by atoms with Crippen LogP contribution in [0.4, 0.5) is 8.78 Å². The first kappa shape index (κ1) is 9.59. The zero-order valence-corrected chi connectivity index (χ0v) is 7.84. The summed E-state index contributed by atoms with van der Waals surface area (Å²) in [6.07, 6.45) is 0.0341. The van der Waals surface area contributed by atoms with E-state index >= 15 is 0 Å². The molecular weight excluding hydrogens is 184 g/mol. The van der Waals surface area contributed by atoms with E-state index in [0.29, 0.717) is 6.42 Å². The van der Waals surface area contributed by atoms with Crippen LogP contribution in [0, 0.1) is 0 Å². The molecule has 3 heteroatoms. The topological polar surface area (TPSA) is 26.0 Å². The number of hydrogen-bond donors (Lipinski definition) is 1. The van der Waals surface area contributed by atoms with Crippen molar-refractivity contribution in [1.29, 1.82) is 0 Å². The van der Waals surface area contributed by atoms with E-state index in [-0.39, 0.29) is 12.8 Å². The Hall–Kier alpha value is -0.960. The van der Waals surface area contributed by atoms with Crippen LogP contribution in [-0.4, -0.2) is 5.92 Å². The minimum absolute atomic E-state index is 0.0988. The molecule has 0 amide bonds. The first-order valence-electron chi connectivity index (χ1n) is 4.74. The van der Waals surface area contributed by atoms with Gasteiger partial charge in [0.25, 0.3) is 0 Å². The fourth-order valence-electron chi connectivity index (χ4n) is 2.06. The van der Waals surface area contributed by atoms with Gasteiger partial charge in [-0.15, -0.1) is 0 Å². The van der Waals surface area contributed by atoms with Gasteiger partial charge in [0.15, 0.2) is 0 Å². The van der Waals surface area contributed by atoms with E-state index in [1.807, 2.05) is 30.3 Å². The van der Waals surface area contributed by atoms with Crippen LogP contribution in [0.15, 0.2) is 30.3 Å². The van der Waals surface area contributed by atoms with Crippen molar-refractivity contribution in [2.24, 2.45) is 5.73 Å². The number of rotatable bonds is 1. The van der Waals surface area contributed by atoms with Crippen molar-refractivity contribution in [3.8, 4) is 0 Å². The standard InChI is InChI=1S/C11H13F2N/c12-11(13)7-6-10(14,8-11)9-4-2-1-3-5-9/h1-5H,6-8,14H2. The summed E-state index contributed by atoms with van der Waals surface area (Å²) >= 11 is 0. The maximum absolute atomic E-state index is 13.0. The molecule has 1 saturated carbocycles. The Kier molecular flexibility index (Phi) is 2.07. The van der Waals surface area contributed by atoms with Gasteiger partial charge in [0.05, 0.1) is 0 Å². The van der Waals surface area contributed by atoms with E-state index in [9.17, 15) is 8.78 Å². The number of halogens is 2. The monoisotopic (exact) mass is 197 g/mol. The molecule has 0 bridgehead atoms. The van der Waals surface area contributed by atoms with Gasteiger partial charge in [-0.25, -0.2) is 8.78 Å². The van der Waals surface area contributed by atoms with Crippen molar-refractivity contribution in [1.82, 2.24) is 0 Å². The Morgan fingerprint density at radius 2 is 1.71 bits per heavy atom. The summed E-state index contributed by atoms with van der Waals surface area (Å²) in [6.45, 7) is 0. The van der Waals surface area contributed by atoms with Gasteiger partial charge in [-0.05, 0) is 12.0 Å². The lowest BCUT2D eigenvalue weighted by Gasteiger charge is -2.24. The Morgan fingerprint density at radius 1 is 1.07 bits per heavy atom. The average Bonchev–Trinajstić information content (AvgIpc) is 2.44. The van der Waals surface area contributed by atoms with Crippen molar-refractivity contribution >= 4 is 0 Å². The van der Waals surface area contributed by atoms with Gasteiger partial charge in [0.2, 0.25) is 5.92 Å². The quantitative estimate of drug-likeness (QED) is 0.735. The molecule has 1 aliphatic rings. The lowest BCUT2D eigenvalue weighted by molar-refractivity contribution is 0.00291. The van der Waals surface area contributed by atoms with E-state index in [2.05, 4.69) is 0 Å². The number of alkyl halides is 2. The molecule has 14 heavy (non-hydrogen) atoms. The summed E-state index contributed by atoms with van der Waals surface area (Å²) in [5.41, 5.74) is 5.96. The van der Waals surface area contributed by atoms with Crippen molar-refractivity contribution in [2.45, 2.75) is 30.7 Å². The third-order valence-corrected chi connectivity index (χ3v) is 2.86. The lowest BCUT2D eigenvalue weighted by Crippen LogP contribution is -2.35. The second kappa shape index (κ2) is 3.02. The van der Waals surface area contributed by atoms with Crippen LogP contribution in [0.25, 0.3) is 0 Å². The van der Waals surface area contributed by atoms with Crippen LogP contribution in [-0.2, 0) is 5.54 Å². The second-order valence-corrected chi connectivity index (χ2v) is 4.05. The maximum Gasteiger partial charge on any atom is 0.250 e. The smallest absolute Gasteiger partial charge is 0.250 e. The van der Waals surface area contributed by atoms with E-state index in [4.69, 9.17) is 5.73 Å². The van der Waals surface area contributed by atoms with Crippen molar-refractivity contribution in [3.63, 3.8) is 0 Å². The predicted molar refractivity (Wildman–Crippen MR) is 51.1 cm³/mol. The fourth-order valence-corrected chi connectivity index (χ4v) is 2.06. The summed E-state index contributed by atoms with van der Waals surface area (Å²) in [7, 11) is 0. The van der Waals surface area contributed by atoms with E-state index in [1.54, 1.807) is 0 Å². The van der Waals surface area contributed by atoms with Crippen LogP contribution in [0.5, 0.6) is 0 Å². The van der Waals surface area contributed by atoms with Gasteiger partial charge in [-0.1, -0.05) is 30.3 Å². The van der Waals surface area contributed by atoms with Gasteiger partial charge in [0, 0.05) is 18.4 Å². The number of benzene rings is 1. The number of nitrogens with two attached hydrogens (primary N) is 1. The molecule has 1 aliphatic carbocycles. The highest BCUT2D eigenvalue weighted by atomic mass is 19.3. The van der Waals surface area contributed by atoms with Gasteiger partial charge >= 0.3 is 0 Å². The largest absolute Gasteiger partial charge is 0.321 e. The summed E-state index contributed by atoms with van der Waals surface area (Å²) in [5.74, 6) is -2.59. The molecule has 1 aromatic rings. The Balaban J connectivity index is 2.27. The molecule has 0 aliphatic heterocycles. The Labute approximate surface area is 81.9 Å². The molecule has 0 aromatic heterocycles. The van der Waals surface area contributed by atoms with Crippen molar-refractivity contribution in [3.05, 3.63) is 35.9 Å². The molecule has 1 nitrogen and oxygen atoms in total. The molecule has 1 aromatic carbocycles. The molecule has 0 heterocycles. The van der Waals surface area contributed by atoms with E-state index in [0.717, 1.165) is 5.56 Å². The van der Waals surface area contributed by atoms with E-state index in [1.165, 1.54) is 0 Å². The molecule has 1 unspecified atom stereocenters. The zero-order valence-electron chi connectivity index (χ0n) is 7.84. The highest BCUT2D eigenvalue weighted by Crippen LogP contribution is 2.45. The first-order valence-corrected chi connectivity index (χ1v) is 4.74. The Bertz CT molecular complexity index is 323. The minimum Gasteiger partial charge on any atom is -0.321 e. The molecule has 0 spiro atoms. The summed E-state index contributed by atoms with van der Waals surface area (Å²) in [5, 5.41) is 0. The maximum atomic E-state index is 13.0. The first-order chi connectivity index (χ1) is 6.52. The van der Waals surface area contributed by atoms with E-state index < -0.39 is 11.5 Å². The Morgan fingerprint density at radius 3 is 2.21 bits per heavy atom. The molecule has 2 rings (SSSR count). The van der Waals surface area contributed by atoms with Gasteiger partial charge in [-0.2, -0.15) is 0 Å². The highest BCUT2D eigenvalue weighted by molar-refractivity contribution is 5.26. The molecular formula is C11H13F2N. The predicted octanol–water partition coefficient (Wildman–Crippen LogP) is 2.66. The zero-order chi connectivity index (χ0) is 10.2. The van der Waals surface area contributed by atoms with Gasteiger partial charge < -0.3 is 5.73 Å².